The minimum atomic E-state index is -0.535. The van der Waals surface area contributed by atoms with Gasteiger partial charge in [0.2, 0.25) is 11.7 Å². The molecule has 0 spiro atoms. The van der Waals surface area contributed by atoms with Crippen molar-refractivity contribution in [1.29, 1.82) is 0 Å². The van der Waals surface area contributed by atoms with Crippen LogP contribution in [-0.2, 0) is 4.79 Å². The molecule has 122 valence electrons. The van der Waals surface area contributed by atoms with E-state index in [4.69, 9.17) is 0 Å². The van der Waals surface area contributed by atoms with E-state index in [1.165, 1.54) is 0 Å². The van der Waals surface area contributed by atoms with Gasteiger partial charge in [-0.25, -0.2) is 0 Å². The summed E-state index contributed by atoms with van der Waals surface area (Å²) in [5.41, 5.74) is 2.60. The number of Topliss-reactive ketones (excluding diaryl/α,β-unsaturated/α-hetero) is 1. The summed E-state index contributed by atoms with van der Waals surface area (Å²) in [6.45, 7) is 5.46. The zero-order valence-corrected chi connectivity index (χ0v) is 13.8. The van der Waals surface area contributed by atoms with E-state index in [0.717, 1.165) is 11.1 Å². The molecular weight excluding hydrogens is 304 g/mol. The number of carbonyl (C=O) groups is 2. The van der Waals surface area contributed by atoms with Crippen molar-refractivity contribution in [1.82, 2.24) is 0 Å². The second kappa shape index (κ2) is 5.60. The third-order valence-corrected chi connectivity index (χ3v) is 3.99. The van der Waals surface area contributed by atoms with E-state index in [-0.39, 0.29) is 17.4 Å². The number of oxime groups is 1. The number of hydrogen-bond acceptors (Lipinski definition) is 4. The van der Waals surface area contributed by atoms with Gasteiger partial charge in [-0.1, -0.05) is 56.3 Å². The van der Waals surface area contributed by atoms with Crippen molar-refractivity contribution < 1.29 is 14.8 Å². The Balaban J connectivity index is 2.11. The van der Waals surface area contributed by atoms with Gasteiger partial charge in [0.25, 0.3) is 0 Å². The average Bonchev–Trinajstić information content (AvgIpc) is 2.54. The van der Waals surface area contributed by atoms with E-state index in [1.807, 2.05) is 39.0 Å². The minimum absolute atomic E-state index is 0.0180. The minimum Gasteiger partial charge on any atom is -0.410 e. The predicted molar refractivity (Wildman–Crippen MR) is 92.6 cm³/mol. The summed E-state index contributed by atoms with van der Waals surface area (Å²) in [7, 11) is 0. The number of nitrogens with zero attached hydrogens (tertiary/aromatic N) is 1. The zero-order chi connectivity index (χ0) is 17.5. The quantitative estimate of drug-likeness (QED) is 0.620. The summed E-state index contributed by atoms with van der Waals surface area (Å²) in [6, 6.07) is 12.5. The largest absolute Gasteiger partial charge is 0.410 e. The Morgan fingerprint density at radius 3 is 2.25 bits per heavy atom. The van der Waals surface area contributed by atoms with Crippen molar-refractivity contribution in [3.63, 3.8) is 0 Å². The van der Waals surface area contributed by atoms with Gasteiger partial charge < -0.3 is 10.5 Å². The van der Waals surface area contributed by atoms with Gasteiger partial charge in [-0.3, -0.25) is 9.59 Å². The zero-order valence-electron chi connectivity index (χ0n) is 13.8. The second-order valence-corrected chi connectivity index (χ2v) is 6.79. The van der Waals surface area contributed by atoms with E-state index in [1.54, 1.807) is 24.3 Å². The van der Waals surface area contributed by atoms with Gasteiger partial charge in [0, 0.05) is 22.2 Å². The van der Waals surface area contributed by atoms with Crippen LogP contribution in [0.5, 0.6) is 0 Å². The first-order chi connectivity index (χ1) is 11.3. The summed E-state index contributed by atoms with van der Waals surface area (Å²) in [5, 5.41) is 15.3. The Labute approximate surface area is 140 Å². The molecule has 3 rings (SSSR count). The number of anilines is 1. The molecule has 0 aromatic heterocycles. The summed E-state index contributed by atoms with van der Waals surface area (Å²) in [4.78, 5) is 24.7. The van der Waals surface area contributed by atoms with Gasteiger partial charge in [0.05, 0.1) is 0 Å². The Bertz CT molecular complexity index is 876. The Kier molecular flexibility index (Phi) is 3.72. The Hall–Kier alpha value is -2.95. The van der Waals surface area contributed by atoms with Gasteiger partial charge in [0.15, 0.2) is 5.71 Å². The Morgan fingerprint density at radius 2 is 1.62 bits per heavy atom. The number of benzene rings is 2. The van der Waals surface area contributed by atoms with Crippen LogP contribution in [0.25, 0.3) is 11.1 Å². The fraction of sp³-hybridized carbons (Fsp3) is 0.211. The maximum Gasteiger partial charge on any atom is 0.229 e. The lowest BCUT2D eigenvalue weighted by Gasteiger charge is -2.22. The molecule has 5 nitrogen and oxygen atoms in total. The summed E-state index contributed by atoms with van der Waals surface area (Å²) in [5.74, 6) is -0.465. The first-order valence-electron chi connectivity index (χ1n) is 7.65. The number of nitrogens with one attached hydrogen (secondary N) is 1. The van der Waals surface area contributed by atoms with Crippen molar-refractivity contribution in [2.75, 3.05) is 5.32 Å². The smallest absolute Gasteiger partial charge is 0.229 e. The SMILES string of the molecule is CC(C)(C)C(=O)Nc1ccc2c(c1)/C(=N/O)C(=O)c1ccccc1-2. The van der Waals surface area contributed by atoms with Crippen LogP contribution < -0.4 is 5.32 Å². The van der Waals surface area contributed by atoms with Gasteiger partial charge in [0.1, 0.15) is 0 Å². The monoisotopic (exact) mass is 322 g/mol. The molecule has 0 fully saturated rings. The fourth-order valence-electron chi connectivity index (χ4n) is 2.64. The molecule has 24 heavy (non-hydrogen) atoms. The molecule has 0 heterocycles. The topological polar surface area (TPSA) is 78.8 Å². The highest BCUT2D eigenvalue weighted by atomic mass is 16.4. The van der Waals surface area contributed by atoms with Crippen LogP contribution in [0.4, 0.5) is 5.69 Å². The third kappa shape index (κ3) is 2.58. The van der Waals surface area contributed by atoms with Gasteiger partial charge in [-0.2, -0.15) is 0 Å². The first kappa shape index (κ1) is 15.9. The van der Waals surface area contributed by atoms with Crippen molar-refractivity contribution >= 4 is 23.1 Å². The van der Waals surface area contributed by atoms with Crippen LogP contribution in [0, 0.1) is 5.41 Å². The maximum atomic E-state index is 12.5. The molecule has 0 radical (unpaired) electrons. The van der Waals surface area contributed by atoms with Crippen molar-refractivity contribution in [3.05, 3.63) is 53.6 Å². The molecule has 2 aromatic rings. The molecule has 1 aliphatic carbocycles. The lowest BCUT2D eigenvalue weighted by molar-refractivity contribution is -0.123. The van der Waals surface area contributed by atoms with Gasteiger partial charge >= 0.3 is 0 Å². The number of amides is 1. The first-order valence-corrected chi connectivity index (χ1v) is 7.65. The highest BCUT2D eigenvalue weighted by Gasteiger charge is 2.29. The van der Waals surface area contributed by atoms with Gasteiger partial charge in [-0.05, 0) is 23.3 Å². The van der Waals surface area contributed by atoms with E-state index in [2.05, 4.69) is 10.5 Å². The normalized spacial score (nSPS) is 15.0. The van der Waals surface area contributed by atoms with Crippen LogP contribution in [0.2, 0.25) is 0 Å². The summed E-state index contributed by atoms with van der Waals surface area (Å²) in [6.07, 6.45) is 0. The highest BCUT2D eigenvalue weighted by molar-refractivity contribution is 6.55. The molecule has 1 amide bonds. The molecule has 0 unspecified atom stereocenters. The lowest BCUT2D eigenvalue weighted by atomic mass is 9.83. The van der Waals surface area contributed by atoms with Crippen LogP contribution in [-0.4, -0.2) is 22.6 Å². The highest BCUT2D eigenvalue weighted by Crippen LogP contribution is 2.35. The summed E-state index contributed by atoms with van der Waals surface area (Å²) < 4.78 is 0. The third-order valence-electron chi connectivity index (χ3n) is 3.99. The molecular formula is C19H18N2O3. The Morgan fingerprint density at radius 1 is 1.00 bits per heavy atom. The fourth-order valence-corrected chi connectivity index (χ4v) is 2.64. The van der Waals surface area contributed by atoms with Crippen molar-refractivity contribution in [3.8, 4) is 11.1 Å². The number of rotatable bonds is 1. The molecule has 0 saturated heterocycles. The van der Waals surface area contributed by atoms with Crippen molar-refractivity contribution in [2.24, 2.45) is 10.6 Å². The molecule has 0 bridgehead atoms. The lowest BCUT2D eigenvalue weighted by Crippen LogP contribution is -2.28. The maximum absolute atomic E-state index is 12.5. The number of fused-ring (bicyclic) bond motifs is 3. The predicted octanol–water partition coefficient (Wildman–Crippen LogP) is 3.71. The molecule has 1 aliphatic rings. The standard InChI is InChI=1S/C19H18N2O3/c1-19(2,3)18(23)20-11-8-9-13-12-6-4-5-7-14(12)17(22)16(21-24)15(13)10-11/h4-10,24H,1-3H3,(H,20,23)/b21-16-. The van der Waals surface area contributed by atoms with Crippen LogP contribution >= 0.6 is 0 Å². The van der Waals surface area contributed by atoms with Crippen LogP contribution in [0.1, 0.15) is 36.7 Å². The molecule has 0 atom stereocenters. The number of hydrogen-bond donors (Lipinski definition) is 2. The van der Waals surface area contributed by atoms with Crippen LogP contribution in [0.3, 0.4) is 0 Å². The second-order valence-electron chi connectivity index (χ2n) is 6.79. The molecule has 2 N–H and O–H groups in total. The molecule has 5 heteroatoms. The summed E-state index contributed by atoms with van der Waals surface area (Å²) >= 11 is 0. The van der Waals surface area contributed by atoms with E-state index < -0.39 is 5.41 Å². The van der Waals surface area contributed by atoms with Crippen LogP contribution in [0.15, 0.2) is 47.6 Å². The molecule has 0 saturated carbocycles. The van der Waals surface area contributed by atoms with Gasteiger partial charge in [-0.15, -0.1) is 0 Å². The van der Waals surface area contributed by atoms with Crippen molar-refractivity contribution in [2.45, 2.75) is 20.8 Å². The average molecular weight is 322 g/mol. The number of carbonyl (C=O) groups excluding carboxylic acids is 2. The molecule has 0 aliphatic heterocycles. The number of ketones is 1. The van der Waals surface area contributed by atoms with E-state index in [0.29, 0.717) is 16.8 Å². The molecule has 2 aromatic carbocycles. The van der Waals surface area contributed by atoms with E-state index >= 15 is 0 Å². The van der Waals surface area contributed by atoms with E-state index in [9.17, 15) is 14.8 Å².